The first-order valence-electron chi connectivity index (χ1n) is 6.58. The lowest BCUT2D eigenvalue weighted by Gasteiger charge is -2.20. The lowest BCUT2D eigenvalue weighted by Crippen LogP contribution is -2.36. The number of anilines is 1. The fraction of sp³-hybridized carbons (Fsp3) is 0.500. The molecule has 2 unspecified atom stereocenters. The number of hydrogen-bond acceptors (Lipinski definition) is 3. The second kappa shape index (κ2) is 7.84. The summed E-state index contributed by atoms with van der Waals surface area (Å²) in [7, 11) is 0. The van der Waals surface area contributed by atoms with Crippen LogP contribution in [-0.4, -0.2) is 36.5 Å². The van der Waals surface area contributed by atoms with Crippen molar-refractivity contribution < 1.29 is 4.79 Å². The summed E-state index contributed by atoms with van der Waals surface area (Å²) < 4.78 is 0. The maximum atomic E-state index is 12.0. The molecule has 0 radical (unpaired) electrons. The predicted molar refractivity (Wildman–Crippen MR) is 85.5 cm³/mol. The first-order valence-corrected chi connectivity index (χ1v) is 6.96. The lowest BCUT2D eigenvalue weighted by molar-refractivity contribution is -0.117. The second-order valence-corrected chi connectivity index (χ2v) is 5.61. The quantitative estimate of drug-likeness (QED) is 0.896. The second-order valence-electron chi connectivity index (χ2n) is 5.17. The molecule has 112 valence electrons. The van der Waals surface area contributed by atoms with Crippen LogP contribution in [0.2, 0.25) is 5.02 Å². The van der Waals surface area contributed by atoms with Gasteiger partial charge in [0.2, 0.25) is 5.91 Å². The van der Waals surface area contributed by atoms with Gasteiger partial charge in [0.15, 0.2) is 0 Å². The van der Waals surface area contributed by atoms with Crippen LogP contribution < -0.4 is 11.1 Å². The van der Waals surface area contributed by atoms with Gasteiger partial charge in [-0.2, -0.15) is 0 Å². The summed E-state index contributed by atoms with van der Waals surface area (Å²) in [5, 5.41) is 3.49. The number of nitrogens with two attached hydrogens (primary N) is 1. The van der Waals surface area contributed by atoms with Crippen LogP contribution >= 0.6 is 24.0 Å². The van der Waals surface area contributed by atoms with Crippen LogP contribution in [0.25, 0.3) is 0 Å². The highest BCUT2D eigenvalue weighted by atomic mass is 35.5. The molecule has 0 aromatic heterocycles. The number of hydrogen-bond donors (Lipinski definition) is 2. The monoisotopic (exact) mass is 317 g/mol. The van der Waals surface area contributed by atoms with Crippen molar-refractivity contribution in [1.82, 2.24) is 4.90 Å². The summed E-state index contributed by atoms with van der Waals surface area (Å²) >= 11 is 5.88. The van der Waals surface area contributed by atoms with E-state index in [4.69, 9.17) is 17.3 Å². The van der Waals surface area contributed by atoms with E-state index in [1.807, 2.05) is 12.1 Å². The summed E-state index contributed by atoms with van der Waals surface area (Å²) in [4.78, 5) is 14.2. The molecule has 2 atom stereocenters. The van der Waals surface area contributed by atoms with Gasteiger partial charge >= 0.3 is 0 Å². The van der Waals surface area contributed by atoms with Gasteiger partial charge in [0.25, 0.3) is 0 Å². The molecule has 4 nitrogen and oxygen atoms in total. The molecule has 2 rings (SSSR count). The molecule has 1 heterocycles. The molecule has 0 bridgehead atoms. The number of halogens is 2. The van der Waals surface area contributed by atoms with Crippen LogP contribution in [-0.2, 0) is 4.79 Å². The van der Waals surface area contributed by atoms with E-state index in [1.165, 1.54) is 0 Å². The molecule has 1 saturated heterocycles. The van der Waals surface area contributed by atoms with E-state index in [-0.39, 0.29) is 18.3 Å². The van der Waals surface area contributed by atoms with Gasteiger partial charge in [0.1, 0.15) is 0 Å². The summed E-state index contributed by atoms with van der Waals surface area (Å²) in [6, 6.07) is 7.60. The minimum atomic E-state index is -0.00760. The first-order chi connectivity index (χ1) is 9.08. The Labute approximate surface area is 131 Å². The molecule has 1 aromatic rings. The number of likely N-dealkylation sites (tertiary alicyclic amines) is 1. The third-order valence-electron chi connectivity index (χ3n) is 3.58. The lowest BCUT2D eigenvalue weighted by atomic mass is 10.1. The number of carbonyl (C=O) groups is 1. The topological polar surface area (TPSA) is 58.4 Å². The van der Waals surface area contributed by atoms with Gasteiger partial charge in [-0.25, -0.2) is 0 Å². The standard InChI is InChI=1S/C14H20ClN3O.ClH/c1-10-5-11(7-16)8-18(10)9-14(19)17-13-4-2-3-12(15)6-13;/h2-4,6,10-11H,5,7-9,16H2,1H3,(H,17,19);1H. The molecule has 1 aromatic carbocycles. The Balaban J connectivity index is 0.00000200. The Morgan fingerprint density at radius 3 is 2.90 bits per heavy atom. The Hall–Kier alpha value is -0.810. The van der Waals surface area contributed by atoms with E-state index in [0.717, 1.165) is 18.7 Å². The molecule has 1 fully saturated rings. The van der Waals surface area contributed by atoms with E-state index >= 15 is 0 Å². The molecule has 3 N–H and O–H groups in total. The zero-order chi connectivity index (χ0) is 13.8. The Kier molecular flexibility index (Phi) is 6.76. The van der Waals surface area contributed by atoms with Crippen LogP contribution in [0.15, 0.2) is 24.3 Å². The average molecular weight is 318 g/mol. The summed E-state index contributed by atoms with van der Waals surface area (Å²) in [6.45, 7) is 4.14. The van der Waals surface area contributed by atoms with Gasteiger partial charge in [0, 0.05) is 23.3 Å². The normalized spacial score (nSPS) is 22.4. The average Bonchev–Trinajstić information content (AvgIpc) is 2.70. The van der Waals surface area contributed by atoms with Crippen molar-refractivity contribution in [2.24, 2.45) is 11.7 Å². The fourth-order valence-corrected chi connectivity index (χ4v) is 2.75. The van der Waals surface area contributed by atoms with E-state index in [9.17, 15) is 4.79 Å². The van der Waals surface area contributed by atoms with Crippen LogP contribution in [0, 0.1) is 5.92 Å². The molecule has 0 saturated carbocycles. The Morgan fingerprint density at radius 2 is 2.30 bits per heavy atom. The highest BCUT2D eigenvalue weighted by Crippen LogP contribution is 2.22. The summed E-state index contributed by atoms with van der Waals surface area (Å²) in [6.07, 6.45) is 1.07. The van der Waals surface area contributed by atoms with Crippen molar-refractivity contribution >= 4 is 35.6 Å². The van der Waals surface area contributed by atoms with E-state index < -0.39 is 0 Å². The zero-order valence-corrected chi connectivity index (χ0v) is 13.1. The molecule has 20 heavy (non-hydrogen) atoms. The molecular weight excluding hydrogens is 297 g/mol. The predicted octanol–water partition coefficient (Wildman–Crippen LogP) is 2.37. The smallest absolute Gasteiger partial charge is 0.238 e. The highest BCUT2D eigenvalue weighted by Gasteiger charge is 2.29. The van der Waals surface area contributed by atoms with E-state index in [1.54, 1.807) is 12.1 Å². The number of rotatable bonds is 4. The van der Waals surface area contributed by atoms with Crippen LogP contribution in [0.5, 0.6) is 0 Å². The maximum absolute atomic E-state index is 12.0. The number of carbonyl (C=O) groups excluding carboxylic acids is 1. The molecule has 1 amide bonds. The van der Waals surface area contributed by atoms with Gasteiger partial charge < -0.3 is 11.1 Å². The van der Waals surface area contributed by atoms with Gasteiger partial charge in [-0.05, 0) is 44.0 Å². The summed E-state index contributed by atoms with van der Waals surface area (Å²) in [5.41, 5.74) is 6.42. The number of benzene rings is 1. The minimum Gasteiger partial charge on any atom is -0.330 e. The third kappa shape index (κ3) is 4.63. The van der Waals surface area contributed by atoms with Crippen molar-refractivity contribution in [2.75, 3.05) is 25.0 Å². The van der Waals surface area contributed by atoms with Crippen molar-refractivity contribution in [2.45, 2.75) is 19.4 Å². The largest absolute Gasteiger partial charge is 0.330 e. The Bertz CT molecular complexity index is 456. The van der Waals surface area contributed by atoms with E-state index in [0.29, 0.717) is 30.1 Å². The molecule has 0 spiro atoms. The molecule has 1 aliphatic heterocycles. The zero-order valence-electron chi connectivity index (χ0n) is 11.5. The maximum Gasteiger partial charge on any atom is 0.238 e. The number of nitrogens with zero attached hydrogens (tertiary/aromatic N) is 1. The SMILES string of the molecule is CC1CC(CN)CN1CC(=O)Nc1cccc(Cl)c1.Cl. The van der Waals surface area contributed by atoms with Crippen molar-refractivity contribution in [1.29, 1.82) is 0 Å². The van der Waals surface area contributed by atoms with Crippen LogP contribution in [0.3, 0.4) is 0 Å². The Morgan fingerprint density at radius 1 is 1.55 bits per heavy atom. The number of nitrogens with one attached hydrogen (secondary N) is 1. The molecule has 0 aliphatic carbocycles. The van der Waals surface area contributed by atoms with E-state index in [2.05, 4.69) is 17.1 Å². The van der Waals surface area contributed by atoms with Gasteiger partial charge in [-0.15, -0.1) is 12.4 Å². The summed E-state index contributed by atoms with van der Waals surface area (Å²) in [5.74, 6) is 0.501. The molecule has 6 heteroatoms. The van der Waals surface area contributed by atoms with Crippen molar-refractivity contribution in [3.8, 4) is 0 Å². The number of amides is 1. The first kappa shape index (κ1) is 17.2. The third-order valence-corrected chi connectivity index (χ3v) is 3.81. The van der Waals surface area contributed by atoms with Crippen LogP contribution in [0.1, 0.15) is 13.3 Å². The van der Waals surface area contributed by atoms with Crippen molar-refractivity contribution in [3.05, 3.63) is 29.3 Å². The van der Waals surface area contributed by atoms with Gasteiger partial charge in [-0.1, -0.05) is 17.7 Å². The van der Waals surface area contributed by atoms with Gasteiger partial charge in [0.05, 0.1) is 6.54 Å². The highest BCUT2D eigenvalue weighted by molar-refractivity contribution is 6.30. The van der Waals surface area contributed by atoms with Crippen LogP contribution in [0.4, 0.5) is 5.69 Å². The van der Waals surface area contributed by atoms with Gasteiger partial charge in [-0.3, -0.25) is 9.69 Å². The molecular formula is C14H21Cl2N3O. The van der Waals surface area contributed by atoms with Crippen molar-refractivity contribution in [3.63, 3.8) is 0 Å². The minimum absolute atomic E-state index is 0. The molecule has 1 aliphatic rings. The fourth-order valence-electron chi connectivity index (χ4n) is 2.56.